The van der Waals surface area contributed by atoms with E-state index in [1.54, 1.807) is 36.6 Å². The summed E-state index contributed by atoms with van der Waals surface area (Å²) in [6, 6.07) is 9.06. The Balaban J connectivity index is 1.78. The lowest BCUT2D eigenvalue weighted by atomic mass is 10.3. The van der Waals surface area contributed by atoms with Crippen LogP contribution in [0, 0.1) is 0 Å². The van der Waals surface area contributed by atoms with Crippen LogP contribution in [0.2, 0.25) is 5.02 Å². The summed E-state index contributed by atoms with van der Waals surface area (Å²) < 4.78 is 5.09. The van der Waals surface area contributed by atoms with Crippen molar-refractivity contribution < 1.29 is 4.74 Å². The summed E-state index contributed by atoms with van der Waals surface area (Å²) in [7, 11) is 1.55. The molecule has 2 N–H and O–H groups in total. The standard InChI is InChI=1S/C15H13ClN4O2S/c1-22-13-5-4-9(7-11(13)16)17-15-18-14(21)12(19-20-15)8-10-3-2-6-23-10/h2-7H,8H2,1H3,(H2,17,18,20,21). The van der Waals surface area contributed by atoms with E-state index < -0.39 is 0 Å². The molecule has 0 amide bonds. The number of benzene rings is 1. The second kappa shape index (κ2) is 6.80. The largest absolute Gasteiger partial charge is 0.495 e. The maximum Gasteiger partial charge on any atom is 0.274 e. The van der Waals surface area contributed by atoms with Gasteiger partial charge < -0.3 is 10.1 Å². The van der Waals surface area contributed by atoms with Gasteiger partial charge in [-0.15, -0.1) is 21.5 Å². The Hall–Kier alpha value is -2.38. The molecule has 118 valence electrons. The Bertz CT molecular complexity index is 864. The lowest BCUT2D eigenvalue weighted by molar-refractivity contribution is 0.415. The predicted molar refractivity (Wildman–Crippen MR) is 91.1 cm³/mol. The fraction of sp³-hybridized carbons (Fsp3) is 0.133. The summed E-state index contributed by atoms with van der Waals surface area (Å²) in [6.45, 7) is 0. The van der Waals surface area contributed by atoms with Crippen molar-refractivity contribution in [1.29, 1.82) is 0 Å². The molecule has 2 aromatic heterocycles. The molecule has 3 aromatic rings. The number of hydrogen-bond acceptors (Lipinski definition) is 6. The number of aromatic amines is 1. The Kier molecular flexibility index (Phi) is 4.59. The first kappa shape index (κ1) is 15.5. The highest BCUT2D eigenvalue weighted by molar-refractivity contribution is 7.09. The van der Waals surface area contributed by atoms with Crippen molar-refractivity contribution in [2.24, 2.45) is 0 Å². The highest BCUT2D eigenvalue weighted by Gasteiger charge is 2.08. The number of hydrogen-bond donors (Lipinski definition) is 2. The molecule has 0 aliphatic heterocycles. The van der Waals surface area contributed by atoms with Gasteiger partial charge in [-0.3, -0.25) is 9.78 Å². The van der Waals surface area contributed by atoms with Gasteiger partial charge in [-0.1, -0.05) is 17.7 Å². The van der Waals surface area contributed by atoms with Gasteiger partial charge in [0.2, 0.25) is 5.95 Å². The Morgan fingerprint density at radius 1 is 1.35 bits per heavy atom. The van der Waals surface area contributed by atoms with Gasteiger partial charge in [0, 0.05) is 17.0 Å². The maximum absolute atomic E-state index is 12.1. The lowest BCUT2D eigenvalue weighted by Crippen LogP contribution is -2.18. The summed E-state index contributed by atoms with van der Waals surface area (Å²) in [5.41, 5.74) is 0.785. The van der Waals surface area contributed by atoms with Gasteiger partial charge in [0.25, 0.3) is 5.56 Å². The van der Waals surface area contributed by atoms with Crippen LogP contribution in [0.1, 0.15) is 10.6 Å². The third kappa shape index (κ3) is 3.69. The van der Waals surface area contributed by atoms with E-state index in [1.165, 1.54) is 0 Å². The fourth-order valence-electron chi connectivity index (χ4n) is 1.99. The number of halogens is 1. The Labute approximate surface area is 141 Å². The number of ether oxygens (including phenoxy) is 1. The quantitative estimate of drug-likeness (QED) is 0.740. The van der Waals surface area contributed by atoms with E-state index in [0.29, 0.717) is 28.6 Å². The van der Waals surface area contributed by atoms with E-state index in [1.807, 2.05) is 17.5 Å². The number of H-pyrrole nitrogens is 1. The Morgan fingerprint density at radius 3 is 2.87 bits per heavy atom. The zero-order chi connectivity index (χ0) is 16.2. The van der Waals surface area contributed by atoms with Gasteiger partial charge in [-0.25, -0.2) is 0 Å². The van der Waals surface area contributed by atoms with E-state index in [0.717, 1.165) is 4.88 Å². The van der Waals surface area contributed by atoms with Crippen LogP contribution in [0.3, 0.4) is 0 Å². The summed E-state index contributed by atoms with van der Waals surface area (Å²) in [4.78, 5) is 15.8. The second-order valence-corrected chi connectivity index (χ2v) is 6.12. The lowest BCUT2D eigenvalue weighted by Gasteiger charge is -2.08. The molecule has 2 heterocycles. The van der Waals surface area contributed by atoms with E-state index in [4.69, 9.17) is 16.3 Å². The SMILES string of the molecule is COc1ccc(Nc2nnc(Cc3cccs3)c(=O)[nH]2)cc1Cl. The van der Waals surface area contributed by atoms with Crippen LogP contribution in [0.25, 0.3) is 0 Å². The fourth-order valence-corrected chi connectivity index (χ4v) is 2.96. The van der Waals surface area contributed by atoms with Crippen LogP contribution in [-0.2, 0) is 6.42 Å². The van der Waals surface area contributed by atoms with Gasteiger partial charge in [0.1, 0.15) is 11.4 Å². The summed E-state index contributed by atoms with van der Waals surface area (Å²) in [5, 5.41) is 13.4. The Morgan fingerprint density at radius 2 is 2.22 bits per heavy atom. The van der Waals surface area contributed by atoms with Crippen LogP contribution in [0.15, 0.2) is 40.5 Å². The number of thiophene rings is 1. The predicted octanol–water partition coefficient (Wildman–Crippen LogP) is 3.22. The van der Waals surface area contributed by atoms with E-state index in [-0.39, 0.29) is 11.5 Å². The van der Waals surface area contributed by atoms with Crippen LogP contribution in [-0.4, -0.2) is 22.3 Å². The molecule has 8 heteroatoms. The van der Waals surface area contributed by atoms with Crippen LogP contribution in [0.4, 0.5) is 11.6 Å². The molecule has 0 spiro atoms. The topological polar surface area (TPSA) is 79.9 Å². The second-order valence-electron chi connectivity index (χ2n) is 4.68. The van der Waals surface area contributed by atoms with E-state index in [9.17, 15) is 4.79 Å². The molecular formula is C15H13ClN4O2S. The zero-order valence-corrected chi connectivity index (χ0v) is 13.7. The van der Waals surface area contributed by atoms with Crippen molar-refractivity contribution in [2.45, 2.75) is 6.42 Å². The van der Waals surface area contributed by atoms with Crippen molar-refractivity contribution >= 4 is 34.6 Å². The van der Waals surface area contributed by atoms with Gasteiger partial charge >= 0.3 is 0 Å². The molecule has 0 saturated heterocycles. The number of rotatable bonds is 5. The molecule has 0 aliphatic carbocycles. The first-order chi connectivity index (χ1) is 11.2. The van der Waals surface area contributed by atoms with Crippen molar-refractivity contribution in [1.82, 2.24) is 15.2 Å². The molecule has 23 heavy (non-hydrogen) atoms. The first-order valence-electron chi connectivity index (χ1n) is 6.74. The van der Waals surface area contributed by atoms with E-state index >= 15 is 0 Å². The molecule has 0 atom stereocenters. The van der Waals surface area contributed by atoms with Crippen molar-refractivity contribution in [2.75, 3.05) is 12.4 Å². The molecular weight excluding hydrogens is 336 g/mol. The zero-order valence-electron chi connectivity index (χ0n) is 12.2. The molecule has 0 fully saturated rings. The molecule has 3 rings (SSSR count). The highest BCUT2D eigenvalue weighted by Crippen LogP contribution is 2.27. The summed E-state index contributed by atoms with van der Waals surface area (Å²) >= 11 is 7.64. The number of methoxy groups -OCH3 is 1. The minimum atomic E-state index is -0.268. The minimum absolute atomic E-state index is 0.256. The third-order valence-corrected chi connectivity index (χ3v) is 4.27. The maximum atomic E-state index is 12.1. The van der Waals surface area contributed by atoms with Crippen LogP contribution >= 0.6 is 22.9 Å². The molecule has 0 aliphatic rings. The molecule has 0 unspecified atom stereocenters. The first-order valence-corrected chi connectivity index (χ1v) is 8.00. The van der Waals surface area contributed by atoms with Gasteiger partial charge in [-0.2, -0.15) is 0 Å². The molecule has 0 bridgehead atoms. The smallest absolute Gasteiger partial charge is 0.274 e. The van der Waals surface area contributed by atoms with Crippen LogP contribution < -0.4 is 15.6 Å². The van der Waals surface area contributed by atoms with E-state index in [2.05, 4.69) is 20.5 Å². The monoisotopic (exact) mass is 348 g/mol. The van der Waals surface area contributed by atoms with Gasteiger partial charge in [-0.05, 0) is 29.6 Å². The number of anilines is 2. The van der Waals surface area contributed by atoms with Crippen LogP contribution in [0.5, 0.6) is 5.75 Å². The average molecular weight is 349 g/mol. The normalized spacial score (nSPS) is 10.5. The van der Waals surface area contributed by atoms with Crippen molar-refractivity contribution in [3.05, 3.63) is 61.7 Å². The number of nitrogens with zero attached hydrogens (tertiary/aromatic N) is 2. The highest BCUT2D eigenvalue weighted by atomic mass is 35.5. The summed E-state index contributed by atoms with van der Waals surface area (Å²) in [6.07, 6.45) is 0.467. The van der Waals surface area contributed by atoms with Gasteiger partial charge in [0.15, 0.2) is 0 Å². The summed E-state index contributed by atoms with van der Waals surface area (Å²) in [5.74, 6) is 0.828. The molecule has 6 nitrogen and oxygen atoms in total. The number of nitrogens with one attached hydrogen (secondary N) is 2. The van der Waals surface area contributed by atoms with Crippen molar-refractivity contribution in [3.63, 3.8) is 0 Å². The third-order valence-electron chi connectivity index (χ3n) is 3.10. The average Bonchev–Trinajstić information content (AvgIpc) is 3.03. The van der Waals surface area contributed by atoms with Crippen molar-refractivity contribution in [3.8, 4) is 5.75 Å². The van der Waals surface area contributed by atoms with Gasteiger partial charge in [0.05, 0.1) is 12.1 Å². The number of aromatic nitrogens is 3. The molecule has 0 radical (unpaired) electrons. The molecule has 0 saturated carbocycles. The minimum Gasteiger partial charge on any atom is -0.495 e. The molecule has 1 aromatic carbocycles.